The lowest BCUT2D eigenvalue weighted by molar-refractivity contribution is 0.0680. The summed E-state index contributed by atoms with van der Waals surface area (Å²) in [4.78, 5) is 15.2. The molecule has 130 valence electrons. The molecule has 25 heavy (non-hydrogen) atoms. The average molecular weight is 336 g/mol. The zero-order valence-electron chi connectivity index (χ0n) is 14.4. The second-order valence-corrected chi connectivity index (χ2v) is 6.89. The average Bonchev–Trinajstić information content (AvgIpc) is 2.93. The van der Waals surface area contributed by atoms with Gasteiger partial charge in [-0.1, -0.05) is 36.4 Å². The van der Waals surface area contributed by atoms with Crippen molar-refractivity contribution in [2.45, 2.75) is 38.0 Å². The van der Waals surface area contributed by atoms with Crippen LogP contribution in [-0.4, -0.2) is 36.0 Å². The molecule has 0 saturated carbocycles. The highest BCUT2D eigenvalue weighted by molar-refractivity contribution is 5.95. The third kappa shape index (κ3) is 3.54. The molecule has 2 unspecified atom stereocenters. The summed E-state index contributed by atoms with van der Waals surface area (Å²) in [7, 11) is 0. The molecule has 2 aliphatic heterocycles. The van der Waals surface area contributed by atoms with E-state index in [1.54, 1.807) is 0 Å². The lowest BCUT2D eigenvalue weighted by Gasteiger charge is -2.28. The van der Waals surface area contributed by atoms with Crippen LogP contribution in [0.25, 0.3) is 0 Å². The van der Waals surface area contributed by atoms with Gasteiger partial charge in [0, 0.05) is 24.2 Å². The molecule has 2 atom stereocenters. The summed E-state index contributed by atoms with van der Waals surface area (Å²) in [6.45, 7) is 2.43. The number of benzene rings is 2. The van der Waals surface area contributed by atoms with E-state index in [-0.39, 0.29) is 5.91 Å². The van der Waals surface area contributed by atoms with Gasteiger partial charge in [-0.15, -0.1) is 0 Å². The van der Waals surface area contributed by atoms with Crippen LogP contribution in [0, 0.1) is 0 Å². The summed E-state index contributed by atoms with van der Waals surface area (Å²) in [5.41, 5.74) is 1.85. The number of nitrogens with one attached hydrogen (secondary N) is 1. The van der Waals surface area contributed by atoms with Gasteiger partial charge in [-0.05, 0) is 49.6 Å². The Hall–Kier alpha value is -2.33. The number of carbonyl (C=O) groups is 1. The molecule has 1 N–H and O–H groups in total. The Morgan fingerprint density at radius 3 is 2.76 bits per heavy atom. The minimum Gasteiger partial charge on any atom is -0.489 e. The summed E-state index contributed by atoms with van der Waals surface area (Å²) in [5.74, 6) is 0.886. The first-order valence-electron chi connectivity index (χ1n) is 9.11. The quantitative estimate of drug-likeness (QED) is 0.932. The summed E-state index contributed by atoms with van der Waals surface area (Å²) < 4.78 is 5.88. The number of carbonyl (C=O) groups excluding carboxylic acids is 1. The molecule has 0 aliphatic carbocycles. The van der Waals surface area contributed by atoms with Crippen LogP contribution < -0.4 is 10.1 Å². The van der Waals surface area contributed by atoms with E-state index >= 15 is 0 Å². The second-order valence-electron chi connectivity index (χ2n) is 6.89. The van der Waals surface area contributed by atoms with Gasteiger partial charge < -0.3 is 15.0 Å². The SMILES string of the molecule is O=C(c1cccc(OCc2ccccc2)c1)N1C2CCNCC1CC2. The Morgan fingerprint density at radius 2 is 1.88 bits per heavy atom. The molecular formula is C21H24N2O2. The monoisotopic (exact) mass is 336 g/mol. The van der Waals surface area contributed by atoms with E-state index in [9.17, 15) is 4.79 Å². The van der Waals surface area contributed by atoms with Gasteiger partial charge in [0.15, 0.2) is 0 Å². The first-order valence-corrected chi connectivity index (χ1v) is 9.11. The molecule has 4 rings (SSSR count). The molecule has 0 aromatic heterocycles. The molecule has 2 aliphatic rings. The Bertz CT molecular complexity index is 718. The third-order valence-electron chi connectivity index (χ3n) is 5.22. The van der Waals surface area contributed by atoms with E-state index < -0.39 is 0 Å². The maximum Gasteiger partial charge on any atom is 0.254 e. The third-order valence-corrected chi connectivity index (χ3v) is 5.22. The lowest BCUT2D eigenvalue weighted by Crippen LogP contribution is -2.42. The van der Waals surface area contributed by atoms with Crippen LogP contribution in [0.4, 0.5) is 0 Å². The highest BCUT2D eigenvalue weighted by atomic mass is 16.5. The molecular weight excluding hydrogens is 312 g/mol. The fourth-order valence-corrected chi connectivity index (χ4v) is 3.92. The van der Waals surface area contributed by atoms with Gasteiger partial charge in [-0.3, -0.25) is 4.79 Å². The highest BCUT2D eigenvalue weighted by Crippen LogP contribution is 2.30. The van der Waals surface area contributed by atoms with Crippen molar-refractivity contribution >= 4 is 5.91 Å². The Morgan fingerprint density at radius 1 is 1.04 bits per heavy atom. The van der Waals surface area contributed by atoms with Crippen LogP contribution in [0.2, 0.25) is 0 Å². The van der Waals surface area contributed by atoms with Gasteiger partial charge in [0.25, 0.3) is 5.91 Å². The van der Waals surface area contributed by atoms with E-state index in [2.05, 4.69) is 10.2 Å². The molecule has 2 aromatic rings. The summed E-state index contributed by atoms with van der Waals surface area (Å²) >= 11 is 0. The Balaban J connectivity index is 1.48. The molecule has 2 aromatic carbocycles. The van der Waals surface area contributed by atoms with E-state index in [1.165, 1.54) is 0 Å². The first-order chi connectivity index (χ1) is 12.3. The maximum atomic E-state index is 13.1. The molecule has 2 saturated heterocycles. The van der Waals surface area contributed by atoms with Crippen molar-refractivity contribution in [3.63, 3.8) is 0 Å². The largest absolute Gasteiger partial charge is 0.489 e. The molecule has 1 amide bonds. The number of rotatable bonds is 4. The molecule has 4 heteroatoms. The van der Waals surface area contributed by atoms with Crippen molar-refractivity contribution in [1.82, 2.24) is 10.2 Å². The molecule has 4 nitrogen and oxygen atoms in total. The first kappa shape index (κ1) is 16.2. The van der Waals surface area contributed by atoms with E-state index in [1.807, 2.05) is 54.6 Å². The molecule has 2 fully saturated rings. The van der Waals surface area contributed by atoms with E-state index in [0.717, 1.165) is 49.2 Å². The summed E-state index contributed by atoms with van der Waals surface area (Å²) in [5, 5.41) is 3.45. The smallest absolute Gasteiger partial charge is 0.254 e. The highest BCUT2D eigenvalue weighted by Gasteiger charge is 2.38. The number of nitrogens with zero attached hydrogens (tertiary/aromatic N) is 1. The fraction of sp³-hybridized carbons (Fsp3) is 0.381. The zero-order chi connectivity index (χ0) is 17.1. The molecule has 2 heterocycles. The lowest BCUT2D eigenvalue weighted by atomic mass is 10.1. The predicted molar refractivity (Wildman–Crippen MR) is 97.7 cm³/mol. The Labute approximate surface area is 148 Å². The van der Waals surface area contributed by atoms with Crippen LogP contribution >= 0.6 is 0 Å². The van der Waals surface area contributed by atoms with Crippen molar-refractivity contribution in [3.05, 3.63) is 65.7 Å². The Kier molecular flexibility index (Phi) is 4.70. The number of fused-ring (bicyclic) bond motifs is 2. The number of hydrogen-bond acceptors (Lipinski definition) is 3. The normalized spacial score (nSPS) is 22.5. The molecule has 0 radical (unpaired) electrons. The van der Waals surface area contributed by atoms with Gasteiger partial charge in [-0.25, -0.2) is 0 Å². The maximum absolute atomic E-state index is 13.1. The van der Waals surface area contributed by atoms with Crippen molar-refractivity contribution in [2.75, 3.05) is 13.1 Å². The van der Waals surface area contributed by atoms with Crippen molar-refractivity contribution in [3.8, 4) is 5.75 Å². The van der Waals surface area contributed by atoms with Crippen molar-refractivity contribution < 1.29 is 9.53 Å². The fourth-order valence-electron chi connectivity index (χ4n) is 3.92. The standard InChI is InChI=1S/C21H24N2O2/c24-21(23-18-9-10-19(23)14-22-12-11-18)17-7-4-8-20(13-17)25-15-16-5-2-1-3-6-16/h1-8,13,18-19,22H,9-12,14-15H2. The van der Waals surface area contributed by atoms with Crippen LogP contribution in [0.5, 0.6) is 5.75 Å². The van der Waals surface area contributed by atoms with Gasteiger partial charge in [0.2, 0.25) is 0 Å². The number of ether oxygens (including phenoxy) is 1. The molecule has 0 spiro atoms. The van der Waals surface area contributed by atoms with Gasteiger partial charge in [0.1, 0.15) is 12.4 Å². The van der Waals surface area contributed by atoms with Gasteiger partial charge >= 0.3 is 0 Å². The van der Waals surface area contributed by atoms with Crippen LogP contribution in [0.3, 0.4) is 0 Å². The minimum absolute atomic E-state index is 0.140. The van der Waals surface area contributed by atoms with Crippen molar-refractivity contribution in [2.24, 2.45) is 0 Å². The zero-order valence-corrected chi connectivity index (χ0v) is 14.4. The van der Waals surface area contributed by atoms with Gasteiger partial charge in [-0.2, -0.15) is 0 Å². The summed E-state index contributed by atoms with van der Waals surface area (Å²) in [6, 6.07) is 18.4. The molecule has 2 bridgehead atoms. The van der Waals surface area contributed by atoms with Crippen LogP contribution in [0.15, 0.2) is 54.6 Å². The second kappa shape index (κ2) is 7.28. The van der Waals surface area contributed by atoms with E-state index in [4.69, 9.17) is 4.74 Å². The topological polar surface area (TPSA) is 41.6 Å². The van der Waals surface area contributed by atoms with Gasteiger partial charge in [0.05, 0.1) is 0 Å². The number of amides is 1. The van der Waals surface area contributed by atoms with E-state index in [0.29, 0.717) is 18.7 Å². The van der Waals surface area contributed by atoms with Crippen LogP contribution in [-0.2, 0) is 6.61 Å². The van der Waals surface area contributed by atoms with Crippen LogP contribution in [0.1, 0.15) is 35.2 Å². The summed E-state index contributed by atoms with van der Waals surface area (Å²) in [6.07, 6.45) is 3.28. The van der Waals surface area contributed by atoms with Crippen molar-refractivity contribution in [1.29, 1.82) is 0 Å². The minimum atomic E-state index is 0.140. The predicted octanol–water partition coefficient (Wildman–Crippen LogP) is 3.23. The number of hydrogen-bond donors (Lipinski definition) is 1.